The van der Waals surface area contributed by atoms with Crippen LogP contribution in [0.25, 0.3) is 11.0 Å². The van der Waals surface area contributed by atoms with Crippen LogP contribution in [0.15, 0.2) is 24.3 Å². The minimum Gasteiger partial charge on any atom is -0.354 e. The number of imidazole rings is 1. The van der Waals surface area contributed by atoms with Crippen molar-refractivity contribution in [3.63, 3.8) is 0 Å². The number of nitrogens with one attached hydrogen (secondary N) is 2. The van der Waals surface area contributed by atoms with Crippen LogP contribution in [0.4, 0.5) is 4.79 Å². The summed E-state index contributed by atoms with van der Waals surface area (Å²) in [5, 5.41) is 5.77. The van der Waals surface area contributed by atoms with Gasteiger partial charge in [-0.15, -0.1) is 0 Å². The summed E-state index contributed by atoms with van der Waals surface area (Å²) in [6.45, 7) is 2.96. The Morgan fingerprint density at radius 3 is 2.76 bits per heavy atom. The number of amides is 4. The van der Waals surface area contributed by atoms with Gasteiger partial charge in [0.15, 0.2) is 0 Å². The zero-order valence-electron chi connectivity index (χ0n) is 16.7. The lowest BCUT2D eigenvalue weighted by Gasteiger charge is -2.20. The predicted molar refractivity (Wildman–Crippen MR) is 108 cm³/mol. The topological polar surface area (TPSA) is 96.3 Å². The molecule has 154 valence electrons. The minimum atomic E-state index is -0.667. The highest BCUT2D eigenvalue weighted by atomic mass is 16.2. The van der Waals surface area contributed by atoms with Crippen LogP contribution in [0.5, 0.6) is 0 Å². The summed E-state index contributed by atoms with van der Waals surface area (Å²) in [6, 6.07) is 7.47. The van der Waals surface area contributed by atoms with Crippen LogP contribution >= 0.6 is 0 Å². The fourth-order valence-electron chi connectivity index (χ4n) is 4.43. The number of benzene rings is 1. The van der Waals surface area contributed by atoms with Crippen molar-refractivity contribution in [2.24, 2.45) is 0 Å². The molecule has 2 fully saturated rings. The summed E-state index contributed by atoms with van der Waals surface area (Å²) in [6.07, 6.45) is 4.67. The number of rotatable bonds is 7. The maximum absolute atomic E-state index is 12.6. The van der Waals surface area contributed by atoms with Crippen molar-refractivity contribution in [3.05, 3.63) is 30.1 Å². The van der Waals surface area contributed by atoms with Crippen LogP contribution < -0.4 is 10.6 Å². The van der Waals surface area contributed by atoms with Crippen molar-refractivity contribution >= 4 is 28.9 Å². The van der Waals surface area contributed by atoms with Gasteiger partial charge in [-0.05, 0) is 31.4 Å². The molecule has 1 saturated heterocycles. The lowest BCUT2D eigenvalue weighted by molar-refractivity contribution is -0.131. The van der Waals surface area contributed by atoms with Crippen LogP contribution in [0.3, 0.4) is 0 Å². The molecule has 1 aliphatic carbocycles. The molecule has 0 radical (unpaired) electrons. The van der Waals surface area contributed by atoms with E-state index in [-0.39, 0.29) is 24.4 Å². The van der Waals surface area contributed by atoms with Gasteiger partial charge >= 0.3 is 6.03 Å². The van der Waals surface area contributed by atoms with E-state index in [0.717, 1.165) is 49.0 Å². The first kappa shape index (κ1) is 19.4. The SMILES string of the molecule is CCc1nc2ccccc2n1CC(=O)NCCCN1C(=O)NC2(CCCC2)C1=O. The van der Waals surface area contributed by atoms with Gasteiger partial charge in [0.25, 0.3) is 5.91 Å². The number of imide groups is 1. The van der Waals surface area contributed by atoms with Crippen LogP contribution in [-0.4, -0.2) is 50.9 Å². The monoisotopic (exact) mass is 397 g/mol. The molecule has 2 N–H and O–H groups in total. The Labute approximate surface area is 169 Å². The average Bonchev–Trinajstić information content (AvgIpc) is 3.38. The number of hydrogen-bond acceptors (Lipinski definition) is 4. The van der Waals surface area contributed by atoms with E-state index in [1.54, 1.807) is 0 Å². The summed E-state index contributed by atoms with van der Waals surface area (Å²) < 4.78 is 1.94. The molecule has 29 heavy (non-hydrogen) atoms. The van der Waals surface area contributed by atoms with E-state index < -0.39 is 5.54 Å². The summed E-state index contributed by atoms with van der Waals surface area (Å²) in [5.41, 5.74) is 1.16. The Kier molecular flexibility index (Phi) is 5.25. The number of carbonyl (C=O) groups is 3. The molecule has 4 amide bonds. The molecule has 1 aliphatic heterocycles. The van der Waals surface area contributed by atoms with Gasteiger partial charge in [0.2, 0.25) is 5.91 Å². The van der Waals surface area contributed by atoms with Gasteiger partial charge in [0.1, 0.15) is 17.9 Å². The van der Waals surface area contributed by atoms with Crippen molar-refractivity contribution in [2.75, 3.05) is 13.1 Å². The molecule has 4 rings (SSSR count). The van der Waals surface area contributed by atoms with Crippen molar-refractivity contribution in [1.29, 1.82) is 0 Å². The molecule has 0 bridgehead atoms. The lowest BCUT2D eigenvalue weighted by Crippen LogP contribution is -2.44. The number of urea groups is 1. The fraction of sp³-hybridized carbons (Fsp3) is 0.524. The van der Waals surface area contributed by atoms with E-state index in [1.807, 2.05) is 35.8 Å². The Morgan fingerprint density at radius 1 is 1.24 bits per heavy atom. The molecule has 2 aliphatic rings. The lowest BCUT2D eigenvalue weighted by atomic mass is 9.98. The maximum Gasteiger partial charge on any atom is 0.325 e. The smallest absolute Gasteiger partial charge is 0.325 e. The highest BCUT2D eigenvalue weighted by Crippen LogP contribution is 2.34. The number of aryl methyl sites for hydroxylation is 1. The van der Waals surface area contributed by atoms with E-state index in [9.17, 15) is 14.4 Å². The highest BCUT2D eigenvalue weighted by molar-refractivity contribution is 6.07. The van der Waals surface area contributed by atoms with Crippen LogP contribution in [0.1, 0.15) is 44.9 Å². The van der Waals surface area contributed by atoms with Gasteiger partial charge in [0.05, 0.1) is 11.0 Å². The second-order valence-corrected chi connectivity index (χ2v) is 7.84. The third kappa shape index (κ3) is 3.59. The summed E-state index contributed by atoms with van der Waals surface area (Å²) in [5.74, 6) is 0.665. The summed E-state index contributed by atoms with van der Waals surface area (Å²) >= 11 is 0. The van der Waals surface area contributed by atoms with Gasteiger partial charge in [0, 0.05) is 19.5 Å². The second kappa shape index (κ2) is 7.85. The molecule has 2 heterocycles. The van der Waals surface area contributed by atoms with E-state index in [4.69, 9.17) is 0 Å². The third-order valence-corrected chi connectivity index (χ3v) is 5.94. The normalized spacial score (nSPS) is 18.0. The molecule has 8 heteroatoms. The molecule has 1 aromatic carbocycles. The molecule has 1 aromatic heterocycles. The first-order valence-corrected chi connectivity index (χ1v) is 10.4. The number of nitrogens with zero attached hydrogens (tertiary/aromatic N) is 3. The first-order chi connectivity index (χ1) is 14.0. The zero-order chi connectivity index (χ0) is 20.4. The quantitative estimate of drug-likeness (QED) is 0.551. The molecule has 1 saturated carbocycles. The predicted octanol–water partition coefficient (Wildman–Crippen LogP) is 1.97. The third-order valence-electron chi connectivity index (χ3n) is 5.94. The largest absolute Gasteiger partial charge is 0.354 e. The van der Waals surface area contributed by atoms with Crippen molar-refractivity contribution in [2.45, 2.75) is 57.5 Å². The van der Waals surface area contributed by atoms with Gasteiger partial charge in [-0.3, -0.25) is 14.5 Å². The Balaban J connectivity index is 1.29. The molecular weight excluding hydrogens is 370 g/mol. The molecule has 8 nitrogen and oxygen atoms in total. The van der Waals surface area contributed by atoms with Crippen LogP contribution in [0, 0.1) is 0 Å². The van der Waals surface area contributed by atoms with Gasteiger partial charge in [-0.2, -0.15) is 0 Å². The number of hydrogen-bond donors (Lipinski definition) is 2. The fourth-order valence-corrected chi connectivity index (χ4v) is 4.43. The first-order valence-electron chi connectivity index (χ1n) is 10.4. The van der Waals surface area contributed by atoms with E-state index in [1.165, 1.54) is 4.90 Å². The van der Waals surface area contributed by atoms with Crippen LogP contribution in [-0.2, 0) is 22.6 Å². The van der Waals surface area contributed by atoms with E-state index >= 15 is 0 Å². The molecule has 2 aromatic rings. The highest BCUT2D eigenvalue weighted by Gasteiger charge is 2.51. The minimum absolute atomic E-state index is 0.104. The Morgan fingerprint density at radius 2 is 2.00 bits per heavy atom. The van der Waals surface area contributed by atoms with E-state index in [0.29, 0.717) is 19.5 Å². The van der Waals surface area contributed by atoms with Crippen molar-refractivity contribution < 1.29 is 14.4 Å². The van der Waals surface area contributed by atoms with Gasteiger partial charge in [-0.1, -0.05) is 31.9 Å². The molecule has 0 unspecified atom stereocenters. The Bertz CT molecular complexity index is 945. The Hall–Kier alpha value is -2.90. The number of aromatic nitrogens is 2. The van der Waals surface area contributed by atoms with Crippen molar-refractivity contribution in [3.8, 4) is 0 Å². The van der Waals surface area contributed by atoms with Gasteiger partial charge < -0.3 is 15.2 Å². The second-order valence-electron chi connectivity index (χ2n) is 7.84. The molecular formula is C21H27N5O3. The number of fused-ring (bicyclic) bond motifs is 1. The number of para-hydroxylation sites is 2. The van der Waals surface area contributed by atoms with E-state index in [2.05, 4.69) is 15.6 Å². The zero-order valence-corrected chi connectivity index (χ0v) is 16.7. The van der Waals surface area contributed by atoms with Gasteiger partial charge in [-0.25, -0.2) is 9.78 Å². The summed E-state index contributed by atoms with van der Waals surface area (Å²) in [7, 11) is 0. The molecule has 1 spiro atoms. The number of carbonyl (C=O) groups excluding carboxylic acids is 3. The average molecular weight is 397 g/mol. The molecule has 0 atom stereocenters. The summed E-state index contributed by atoms with van der Waals surface area (Å²) in [4.78, 5) is 43.1. The maximum atomic E-state index is 12.6. The van der Waals surface area contributed by atoms with Crippen LogP contribution in [0.2, 0.25) is 0 Å². The standard InChI is InChI=1S/C21H27N5O3/c1-2-17-23-15-8-3-4-9-16(15)26(17)14-18(27)22-12-7-13-25-19(28)21(24-20(25)29)10-5-6-11-21/h3-4,8-9H,2,5-7,10-14H2,1H3,(H,22,27)(H,24,29). The van der Waals surface area contributed by atoms with Crippen molar-refractivity contribution in [1.82, 2.24) is 25.1 Å².